The second kappa shape index (κ2) is 9.17. The molecular formula is C13H30N2. The molecule has 92 valence electrons. The SMILES string of the molecule is CC.CCCCN(C)CC1NCCC1C. The summed E-state index contributed by atoms with van der Waals surface area (Å²) in [6.07, 6.45) is 3.99. The third-order valence-corrected chi connectivity index (χ3v) is 3.09. The quantitative estimate of drug-likeness (QED) is 0.757. The summed E-state index contributed by atoms with van der Waals surface area (Å²) in [6, 6.07) is 0.738. The van der Waals surface area contributed by atoms with Crippen LogP contribution in [0, 0.1) is 5.92 Å². The number of nitrogens with zero attached hydrogens (tertiary/aromatic N) is 1. The Labute approximate surface area is 96.4 Å². The number of hydrogen-bond acceptors (Lipinski definition) is 2. The maximum atomic E-state index is 3.57. The second-order valence-electron chi connectivity index (χ2n) is 4.44. The first-order chi connectivity index (χ1) is 7.24. The molecule has 0 radical (unpaired) electrons. The van der Waals surface area contributed by atoms with E-state index in [0.29, 0.717) is 0 Å². The van der Waals surface area contributed by atoms with Crippen molar-refractivity contribution in [1.82, 2.24) is 10.2 Å². The lowest BCUT2D eigenvalue weighted by molar-refractivity contribution is 0.274. The molecule has 1 aliphatic heterocycles. The lowest BCUT2D eigenvalue weighted by Crippen LogP contribution is -2.38. The fraction of sp³-hybridized carbons (Fsp3) is 1.00. The van der Waals surface area contributed by atoms with Gasteiger partial charge >= 0.3 is 0 Å². The van der Waals surface area contributed by atoms with E-state index in [9.17, 15) is 0 Å². The van der Waals surface area contributed by atoms with Gasteiger partial charge in [-0.25, -0.2) is 0 Å². The van der Waals surface area contributed by atoms with Crippen LogP contribution in [0.25, 0.3) is 0 Å². The van der Waals surface area contributed by atoms with Gasteiger partial charge < -0.3 is 10.2 Å². The van der Waals surface area contributed by atoms with E-state index in [1.54, 1.807) is 0 Å². The van der Waals surface area contributed by atoms with Gasteiger partial charge in [0.1, 0.15) is 0 Å². The zero-order chi connectivity index (χ0) is 11.7. The molecule has 0 spiro atoms. The summed E-state index contributed by atoms with van der Waals surface area (Å²) < 4.78 is 0. The van der Waals surface area contributed by atoms with Crippen molar-refractivity contribution >= 4 is 0 Å². The topological polar surface area (TPSA) is 15.3 Å². The highest BCUT2D eigenvalue weighted by Crippen LogP contribution is 2.14. The highest BCUT2D eigenvalue weighted by molar-refractivity contribution is 4.82. The molecule has 2 heteroatoms. The van der Waals surface area contributed by atoms with Gasteiger partial charge in [0.05, 0.1) is 0 Å². The molecule has 0 bridgehead atoms. The Morgan fingerprint density at radius 3 is 2.47 bits per heavy atom. The van der Waals surface area contributed by atoms with E-state index in [4.69, 9.17) is 0 Å². The smallest absolute Gasteiger partial charge is 0.0220 e. The monoisotopic (exact) mass is 214 g/mol. The number of nitrogens with one attached hydrogen (secondary N) is 1. The Morgan fingerprint density at radius 1 is 1.33 bits per heavy atom. The summed E-state index contributed by atoms with van der Waals surface area (Å²) in [5, 5.41) is 3.57. The van der Waals surface area contributed by atoms with Gasteiger partial charge in [0.15, 0.2) is 0 Å². The minimum Gasteiger partial charge on any atom is -0.312 e. The standard InChI is InChI=1S/C11H24N2.C2H6/c1-4-5-8-13(3)9-11-10(2)6-7-12-11;1-2/h10-12H,4-9H2,1-3H3;1-2H3. The third-order valence-electron chi connectivity index (χ3n) is 3.09. The Kier molecular flexibility index (Phi) is 9.12. The van der Waals surface area contributed by atoms with Crippen LogP contribution in [0.5, 0.6) is 0 Å². The first-order valence-corrected chi connectivity index (χ1v) is 6.66. The molecule has 1 rings (SSSR count). The van der Waals surface area contributed by atoms with Crippen LogP contribution in [-0.4, -0.2) is 37.6 Å². The normalized spacial score (nSPS) is 25.2. The number of unbranched alkanes of at least 4 members (excludes halogenated alkanes) is 1. The number of likely N-dealkylation sites (N-methyl/N-ethyl adjacent to an activating group) is 1. The van der Waals surface area contributed by atoms with Crippen molar-refractivity contribution in [2.75, 3.05) is 26.7 Å². The van der Waals surface area contributed by atoms with Crippen molar-refractivity contribution < 1.29 is 0 Å². The molecule has 1 aliphatic rings. The van der Waals surface area contributed by atoms with Crippen molar-refractivity contribution in [3.05, 3.63) is 0 Å². The summed E-state index contributed by atoms with van der Waals surface area (Å²) in [6.45, 7) is 12.3. The molecule has 2 unspecified atom stereocenters. The molecule has 1 heterocycles. The molecule has 2 atom stereocenters. The maximum Gasteiger partial charge on any atom is 0.0220 e. The van der Waals surface area contributed by atoms with Crippen LogP contribution in [0.2, 0.25) is 0 Å². The molecular weight excluding hydrogens is 184 g/mol. The Balaban J connectivity index is 0.000000921. The van der Waals surface area contributed by atoms with Gasteiger partial charge in [-0.2, -0.15) is 0 Å². The summed E-state index contributed by atoms with van der Waals surface area (Å²) in [7, 11) is 2.24. The van der Waals surface area contributed by atoms with Crippen molar-refractivity contribution in [3.63, 3.8) is 0 Å². The molecule has 0 saturated carbocycles. The van der Waals surface area contributed by atoms with Gasteiger partial charge in [0.2, 0.25) is 0 Å². The van der Waals surface area contributed by atoms with Crippen molar-refractivity contribution in [1.29, 1.82) is 0 Å². The Morgan fingerprint density at radius 2 is 2.00 bits per heavy atom. The average Bonchev–Trinajstić information content (AvgIpc) is 2.64. The summed E-state index contributed by atoms with van der Waals surface area (Å²) in [4.78, 5) is 2.46. The van der Waals surface area contributed by atoms with Gasteiger partial charge in [-0.3, -0.25) is 0 Å². The lowest BCUT2D eigenvalue weighted by atomic mass is 10.0. The molecule has 0 amide bonds. The average molecular weight is 214 g/mol. The van der Waals surface area contributed by atoms with Crippen LogP contribution in [-0.2, 0) is 0 Å². The van der Waals surface area contributed by atoms with Gasteiger partial charge in [-0.05, 0) is 38.9 Å². The van der Waals surface area contributed by atoms with Crippen LogP contribution >= 0.6 is 0 Å². The maximum absolute atomic E-state index is 3.57. The van der Waals surface area contributed by atoms with Crippen LogP contribution in [0.4, 0.5) is 0 Å². The molecule has 15 heavy (non-hydrogen) atoms. The summed E-state index contributed by atoms with van der Waals surface area (Å²) in [5.41, 5.74) is 0. The van der Waals surface area contributed by atoms with E-state index >= 15 is 0 Å². The minimum absolute atomic E-state index is 0.738. The predicted octanol–water partition coefficient (Wildman–Crippen LogP) is 2.74. The summed E-state index contributed by atoms with van der Waals surface area (Å²) >= 11 is 0. The first kappa shape index (κ1) is 14.9. The molecule has 0 aromatic carbocycles. The molecule has 1 N–H and O–H groups in total. The molecule has 1 saturated heterocycles. The van der Waals surface area contributed by atoms with Crippen molar-refractivity contribution in [3.8, 4) is 0 Å². The molecule has 0 aromatic rings. The molecule has 1 fully saturated rings. The molecule has 0 aliphatic carbocycles. The van der Waals surface area contributed by atoms with Crippen molar-refractivity contribution in [2.45, 2.75) is 53.0 Å². The fourth-order valence-corrected chi connectivity index (χ4v) is 2.00. The summed E-state index contributed by atoms with van der Waals surface area (Å²) in [5.74, 6) is 0.865. The van der Waals surface area contributed by atoms with E-state index in [-0.39, 0.29) is 0 Å². The van der Waals surface area contributed by atoms with Crippen LogP contribution in [0.1, 0.15) is 47.0 Å². The largest absolute Gasteiger partial charge is 0.312 e. The third kappa shape index (κ3) is 6.16. The van der Waals surface area contributed by atoms with Crippen molar-refractivity contribution in [2.24, 2.45) is 5.92 Å². The second-order valence-corrected chi connectivity index (χ2v) is 4.44. The Hall–Kier alpha value is -0.0800. The number of hydrogen-bond donors (Lipinski definition) is 1. The highest BCUT2D eigenvalue weighted by Gasteiger charge is 2.23. The van der Waals surface area contributed by atoms with E-state index in [0.717, 1.165) is 12.0 Å². The van der Waals surface area contributed by atoms with E-state index < -0.39 is 0 Å². The molecule has 2 nitrogen and oxygen atoms in total. The number of rotatable bonds is 5. The first-order valence-electron chi connectivity index (χ1n) is 6.66. The van der Waals surface area contributed by atoms with Crippen LogP contribution in [0.15, 0.2) is 0 Å². The van der Waals surface area contributed by atoms with Crippen LogP contribution < -0.4 is 5.32 Å². The van der Waals surface area contributed by atoms with Gasteiger partial charge in [0, 0.05) is 12.6 Å². The van der Waals surface area contributed by atoms with Crippen LogP contribution in [0.3, 0.4) is 0 Å². The van der Waals surface area contributed by atoms with Gasteiger partial charge in [-0.15, -0.1) is 0 Å². The van der Waals surface area contributed by atoms with E-state index in [1.807, 2.05) is 13.8 Å². The molecule has 0 aromatic heterocycles. The minimum atomic E-state index is 0.738. The Bertz CT molecular complexity index is 136. The highest BCUT2D eigenvalue weighted by atomic mass is 15.1. The van der Waals surface area contributed by atoms with E-state index in [1.165, 1.54) is 38.9 Å². The lowest BCUT2D eigenvalue weighted by Gasteiger charge is -2.23. The fourth-order valence-electron chi connectivity index (χ4n) is 2.00. The zero-order valence-electron chi connectivity index (χ0n) is 11.3. The predicted molar refractivity (Wildman–Crippen MR) is 69.3 cm³/mol. The van der Waals surface area contributed by atoms with E-state index in [2.05, 4.69) is 31.1 Å². The zero-order valence-corrected chi connectivity index (χ0v) is 11.3. The van der Waals surface area contributed by atoms with Gasteiger partial charge in [0.25, 0.3) is 0 Å². The van der Waals surface area contributed by atoms with Gasteiger partial charge in [-0.1, -0.05) is 34.1 Å².